The molecule has 1 aliphatic rings. The summed E-state index contributed by atoms with van der Waals surface area (Å²) in [5.74, 6) is 0. The normalized spacial score (nSPS) is 24.7. The van der Waals surface area contributed by atoms with E-state index < -0.39 is 6.10 Å². The van der Waals surface area contributed by atoms with Crippen LogP contribution in [-0.4, -0.2) is 62.4 Å². The van der Waals surface area contributed by atoms with Crippen molar-refractivity contribution >= 4 is 0 Å². The fraction of sp³-hybridized carbons (Fsp3) is 1.00. The molecule has 3 atom stereocenters. The molecule has 0 radical (unpaired) electrons. The Balaban J connectivity index is 2.24. The van der Waals surface area contributed by atoms with Gasteiger partial charge >= 0.3 is 0 Å². The molecule has 2 N–H and O–H groups in total. The summed E-state index contributed by atoms with van der Waals surface area (Å²) >= 11 is 0. The molecule has 1 aliphatic heterocycles. The first-order valence-electron chi connectivity index (χ1n) is 8.21. The van der Waals surface area contributed by atoms with Crippen molar-refractivity contribution in [2.45, 2.75) is 70.3 Å². The minimum absolute atomic E-state index is 0.0144. The molecule has 0 amide bonds. The van der Waals surface area contributed by atoms with Gasteiger partial charge in [0, 0.05) is 26.3 Å². The third kappa shape index (κ3) is 6.61. The molecule has 1 saturated heterocycles. The summed E-state index contributed by atoms with van der Waals surface area (Å²) in [6.45, 7) is 8.57. The van der Waals surface area contributed by atoms with Crippen LogP contribution in [0.4, 0.5) is 0 Å². The zero-order chi connectivity index (χ0) is 15.7. The molecule has 0 bridgehead atoms. The van der Waals surface area contributed by atoms with Crippen molar-refractivity contribution in [1.29, 1.82) is 0 Å². The monoisotopic (exact) mass is 303 g/mol. The van der Waals surface area contributed by atoms with Gasteiger partial charge in [-0.2, -0.15) is 0 Å². The maximum Gasteiger partial charge on any atom is 0.0897 e. The lowest BCUT2D eigenvalue weighted by atomic mass is 9.86. The van der Waals surface area contributed by atoms with Crippen molar-refractivity contribution in [2.75, 3.05) is 33.5 Å². The minimum Gasteiger partial charge on any atom is -0.389 e. The van der Waals surface area contributed by atoms with Crippen LogP contribution in [0.3, 0.4) is 0 Å². The van der Waals surface area contributed by atoms with Gasteiger partial charge in [0.15, 0.2) is 0 Å². The highest BCUT2D eigenvalue weighted by Crippen LogP contribution is 2.31. The summed E-state index contributed by atoms with van der Waals surface area (Å²) in [5, 5.41) is 13.4. The zero-order valence-electron chi connectivity index (χ0n) is 14.1. The minimum atomic E-state index is -0.482. The summed E-state index contributed by atoms with van der Waals surface area (Å²) in [6.07, 6.45) is 3.65. The molecule has 3 unspecified atom stereocenters. The number of hydrogen-bond acceptors (Lipinski definition) is 5. The number of aliphatic hydroxyl groups is 1. The second-order valence-electron chi connectivity index (χ2n) is 6.09. The Labute approximate surface area is 129 Å². The lowest BCUT2D eigenvalue weighted by molar-refractivity contribution is -0.0946. The quantitative estimate of drug-likeness (QED) is 0.643. The van der Waals surface area contributed by atoms with Gasteiger partial charge in [-0.15, -0.1) is 0 Å². The van der Waals surface area contributed by atoms with E-state index in [9.17, 15) is 5.11 Å². The Morgan fingerprint density at radius 2 is 2.05 bits per heavy atom. The van der Waals surface area contributed by atoms with Crippen LogP contribution in [0.25, 0.3) is 0 Å². The number of methoxy groups -OCH3 is 1. The summed E-state index contributed by atoms with van der Waals surface area (Å²) in [7, 11) is 1.65. The molecule has 0 aromatic carbocycles. The van der Waals surface area contributed by atoms with E-state index in [1.54, 1.807) is 7.11 Å². The third-order valence-corrected chi connectivity index (χ3v) is 4.40. The Bertz CT molecular complexity index is 271. The van der Waals surface area contributed by atoms with Crippen LogP contribution in [-0.2, 0) is 14.2 Å². The number of nitrogens with one attached hydrogen (secondary N) is 1. The fourth-order valence-electron chi connectivity index (χ4n) is 2.86. The molecule has 0 aromatic rings. The van der Waals surface area contributed by atoms with E-state index in [1.807, 2.05) is 6.92 Å². The van der Waals surface area contributed by atoms with Gasteiger partial charge in [0.25, 0.3) is 0 Å². The highest BCUT2D eigenvalue weighted by Gasteiger charge is 2.34. The standard InChI is InChI=1S/C16H33NO4/c1-5-16(6-2)9-14(7-8-21-16)17-10-15(18)12-20-13(3)11-19-4/h13-15,17-18H,5-12H2,1-4H3. The lowest BCUT2D eigenvalue weighted by Gasteiger charge is -2.40. The summed E-state index contributed by atoms with van der Waals surface area (Å²) in [4.78, 5) is 0. The largest absolute Gasteiger partial charge is 0.389 e. The second-order valence-corrected chi connectivity index (χ2v) is 6.09. The van der Waals surface area contributed by atoms with Gasteiger partial charge in [0.1, 0.15) is 0 Å². The van der Waals surface area contributed by atoms with Crippen molar-refractivity contribution in [3.63, 3.8) is 0 Å². The first-order valence-corrected chi connectivity index (χ1v) is 8.21. The predicted octanol–water partition coefficient (Wildman–Crippen LogP) is 1.73. The van der Waals surface area contributed by atoms with E-state index in [-0.39, 0.29) is 11.7 Å². The number of aliphatic hydroxyl groups excluding tert-OH is 1. The Morgan fingerprint density at radius 1 is 1.33 bits per heavy atom. The van der Waals surface area contributed by atoms with Crippen LogP contribution in [0.2, 0.25) is 0 Å². The Hall–Kier alpha value is -0.200. The molecule has 0 aromatic heterocycles. The van der Waals surface area contributed by atoms with E-state index in [2.05, 4.69) is 19.2 Å². The van der Waals surface area contributed by atoms with Crippen LogP contribution in [0.15, 0.2) is 0 Å². The first kappa shape index (κ1) is 18.8. The fourth-order valence-corrected chi connectivity index (χ4v) is 2.86. The zero-order valence-corrected chi connectivity index (χ0v) is 14.1. The first-order chi connectivity index (χ1) is 10.0. The van der Waals surface area contributed by atoms with E-state index in [4.69, 9.17) is 14.2 Å². The maximum atomic E-state index is 9.98. The molecular weight excluding hydrogens is 270 g/mol. The lowest BCUT2D eigenvalue weighted by Crippen LogP contribution is -2.48. The van der Waals surface area contributed by atoms with Gasteiger partial charge in [0.05, 0.1) is 31.0 Å². The SMILES string of the molecule is CCC1(CC)CC(NCC(O)COC(C)COC)CCO1. The van der Waals surface area contributed by atoms with Crippen molar-refractivity contribution < 1.29 is 19.3 Å². The van der Waals surface area contributed by atoms with E-state index in [1.165, 1.54) is 0 Å². The van der Waals surface area contributed by atoms with E-state index in [0.717, 1.165) is 32.3 Å². The molecule has 1 rings (SSSR count). The smallest absolute Gasteiger partial charge is 0.0897 e. The Kier molecular flexibility index (Phi) is 8.74. The summed E-state index contributed by atoms with van der Waals surface area (Å²) in [6, 6.07) is 0.421. The van der Waals surface area contributed by atoms with E-state index in [0.29, 0.717) is 25.8 Å². The number of hydrogen-bond donors (Lipinski definition) is 2. The third-order valence-electron chi connectivity index (χ3n) is 4.40. The van der Waals surface area contributed by atoms with E-state index >= 15 is 0 Å². The van der Waals surface area contributed by atoms with Crippen LogP contribution in [0.1, 0.15) is 46.5 Å². The van der Waals surface area contributed by atoms with Gasteiger partial charge in [-0.3, -0.25) is 0 Å². The average molecular weight is 303 g/mol. The van der Waals surface area contributed by atoms with Gasteiger partial charge in [-0.25, -0.2) is 0 Å². The van der Waals surface area contributed by atoms with Crippen molar-refractivity contribution in [3.8, 4) is 0 Å². The molecule has 0 saturated carbocycles. The molecule has 0 aliphatic carbocycles. The number of ether oxygens (including phenoxy) is 3. The number of rotatable bonds is 10. The molecule has 126 valence electrons. The van der Waals surface area contributed by atoms with Crippen LogP contribution in [0, 0.1) is 0 Å². The highest BCUT2D eigenvalue weighted by molar-refractivity contribution is 4.88. The average Bonchev–Trinajstić information content (AvgIpc) is 2.51. The molecule has 5 heteroatoms. The molecule has 5 nitrogen and oxygen atoms in total. The highest BCUT2D eigenvalue weighted by atomic mass is 16.5. The summed E-state index contributed by atoms with van der Waals surface area (Å²) in [5.41, 5.74) is 0.0182. The Morgan fingerprint density at radius 3 is 2.67 bits per heavy atom. The van der Waals surface area contributed by atoms with Gasteiger partial charge in [-0.05, 0) is 32.6 Å². The van der Waals surface area contributed by atoms with Crippen LogP contribution >= 0.6 is 0 Å². The van der Waals surface area contributed by atoms with Crippen molar-refractivity contribution in [2.24, 2.45) is 0 Å². The molecule has 21 heavy (non-hydrogen) atoms. The van der Waals surface area contributed by atoms with Crippen molar-refractivity contribution in [1.82, 2.24) is 5.32 Å². The van der Waals surface area contributed by atoms with Crippen LogP contribution in [0.5, 0.6) is 0 Å². The van der Waals surface area contributed by atoms with Gasteiger partial charge in [0.2, 0.25) is 0 Å². The topological polar surface area (TPSA) is 60.0 Å². The maximum absolute atomic E-state index is 9.98. The molecular formula is C16H33NO4. The van der Waals surface area contributed by atoms with Gasteiger partial charge < -0.3 is 24.6 Å². The second kappa shape index (κ2) is 9.74. The summed E-state index contributed by atoms with van der Waals surface area (Å²) < 4.78 is 16.5. The predicted molar refractivity (Wildman–Crippen MR) is 83.6 cm³/mol. The molecule has 1 fully saturated rings. The molecule has 0 spiro atoms. The molecule has 1 heterocycles. The van der Waals surface area contributed by atoms with Gasteiger partial charge in [-0.1, -0.05) is 13.8 Å². The van der Waals surface area contributed by atoms with Crippen LogP contribution < -0.4 is 5.32 Å². The van der Waals surface area contributed by atoms with Crippen molar-refractivity contribution in [3.05, 3.63) is 0 Å².